The summed E-state index contributed by atoms with van der Waals surface area (Å²) in [5, 5.41) is 7.41. The molecule has 2 rings (SSSR count). The third-order valence-electron chi connectivity index (χ3n) is 3.93. The number of hydrogen-bond donors (Lipinski definition) is 1. The van der Waals surface area contributed by atoms with Crippen molar-refractivity contribution in [1.29, 1.82) is 5.41 Å². The molecule has 1 aliphatic heterocycles. The van der Waals surface area contributed by atoms with E-state index in [4.69, 9.17) is 16.9 Å². The van der Waals surface area contributed by atoms with Gasteiger partial charge in [0.15, 0.2) is 0 Å². The van der Waals surface area contributed by atoms with E-state index >= 15 is 0 Å². The Morgan fingerprint density at radius 2 is 1.74 bits per heavy atom. The predicted molar refractivity (Wildman–Crippen MR) is 114 cm³/mol. The Morgan fingerprint density at radius 1 is 1.30 bits per heavy atom. The van der Waals surface area contributed by atoms with Crippen LogP contribution in [0.2, 0.25) is 0 Å². The fourth-order valence-corrected chi connectivity index (χ4v) is 2.74. The first-order valence-electron chi connectivity index (χ1n) is 9.51. The summed E-state index contributed by atoms with van der Waals surface area (Å²) in [6.45, 7) is 14.3. The maximum Gasteiger partial charge on any atom is 2.00 e. The van der Waals surface area contributed by atoms with Gasteiger partial charge in [-0.15, -0.1) is 5.69 Å². The third kappa shape index (κ3) is 11.3. The smallest absolute Gasteiger partial charge is 0.699 e. The molecule has 0 spiro atoms. The first kappa shape index (κ1) is 30.5. The molecular formula is C21H38N4OW. The second-order valence-corrected chi connectivity index (χ2v) is 6.28. The van der Waals surface area contributed by atoms with Crippen molar-refractivity contribution in [2.45, 2.75) is 79.3 Å². The Labute approximate surface area is 181 Å². The first-order chi connectivity index (χ1) is 12.2. The molecule has 1 heterocycles. The second-order valence-electron chi connectivity index (χ2n) is 6.28. The molecule has 1 aromatic rings. The summed E-state index contributed by atoms with van der Waals surface area (Å²) in [6.07, 6.45) is 3.85. The van der Waals surface area contributed by atoms with Gasteiger partial charge in [-0.2, -0.15) is 6.54 Å². The number of likely N-dealkylation sites (tertiary alicyclic amines) is 1. The summed E-state index contributed by atoms with van der Waals surface area (Å²) in [5.74, 6) is 0.485. The molecule has 0 aliphatic carbocycles. The summed E-state index contributed by atoms with van der Waals surface area (Å²) in [7, 11) is 0. The van der Waals surface area contributed by atoms with Crippen molar-refractivity contribution in [2.24, 2.45) is 0 Å². The van der Waals surface area contributed by atoms with Gasteiger partial charge in [0.05, 0.1) is 11.4 Å². The van der Waals surface area contributed by atoms with Gasteiger partial charge in [0.25, 0.3) is 0 Å². The van der Waals surface area contributed by atoms with Crippen LogP contribution in [0.1, 0.15) is 66.9 Å². The normalized spacial score (nSPS) is 19.3. The van der Waals surface area contributed by atoms with Gasteiger partial charge in [-0.05, 0) is 39.2 Å². The molecule has 1 saturated heterocycles. The Bertz CT molecular complexity index is 505. The average molecular weight is 546 g/mol. The van der Waals surface area contributed by atoms with Gasteiger partial charge in [0.1, 0.15) is 6.29 Å². The van der Waals surface area contributed by atoms with E-state index in [1.807, 2.05) is 63.8 Å². The van der Waals surface area contributed by atoms with E-state index in [-0.39, 0.29) is 21.1 Å². The zero-order valence-electron chi connectivity index (χ0n) is 18.1. The molecule has 0 radical (unpaired) electrons. The van der Waals surface area contributed by atoms with E-state index in [1.165, 1.54) is 5.56 Å². The summed E-state index contributed by atoms with van der Waals surface area (Å²) in [5.41, 5.74) is 15.1. The fraction of sp³-hybridized carbons (Fsp3) is 0.619. The largest absolute Gasteiger partial charge is 2.00 e. The molecule has 0 aromatic heterocycles. The molecule has 6 heteroatoms. The zero-order chi connectivity index (χ0) is 20.8. The first-order valence-corrected chi connectivity index (χ1v) is 9.51. The number of hydrogen-bond acceptors (Lipinski definition) is 2. The van der Waals surface area contributed by atoms with Crippen LogP contribution in [-0.4, -0.2) is 35.1 Å². The molecule has 0 saturated carbocycles. The molecule has 3 N–H and O–H groups in total. The predicted octanol–water partition coefficient (Wildman–Crippen LogP) is 6.44. The Hall–Kier alpha value is -1.19. The molecule has 0 bridgehead atoms. The molecular weight excluding hydrogens is 508 g/mol. The third-order valence-corrected chi connectivity index (χ3v) is 3.93. The maximum atomic E-state index is 10.6. The molecule has 0 amide bonds. The minimum absolute atomic E-state index is 0. The number of carbonyl (C=O) groups excluding carboxylic acids is 1. The molecule has 154 valence electrons. The number of rotatable bonds is 3. The van der Waals surface area contributed by atoms with E-state index in [2.05, 4.69) is 6.92 Å². The van der Waals surface area contributed by atoms with E-state index in [1.54, 1.807) is 6.92 Å². The van der Waals surface area contributed by atoms with E-state index in [0.29, 0.717) is 24.1 Å². The molecule has 1 aromatic carbocycles. The van der Waals surface area contributed by atoms with Crippen LogP contribution >= 0.6 is 0 Å². The number of amidine groups is 1. The van der Waals surface area contributed by atoms with Gasteiger partial charge in [-0.1, -0.05) is 58.4 Å². The van der Waals surface area contributed by atoms with E-state index in [9.17, 15) is 4.79 Å². The monoisotopic (exact) mass is 546 g/mol. The van der Waals surface area contributed by atoms with Crippen LogP contribution in [0.3, 0.4) is 0 Å². The molecule has 1 fully saturated rings. The van der Waals surface area contributed by atoms with Crippen LogP contribution in [-0.2, 0) is 32.3 Å². The Morgan fingerprint density at radius 3 is 1.96 bits per heavy atom. The number of aldehydes is 1. The zero-order valence-corrected chi connectivity index (χ0v) is 21.0. The van der Waals surface area contributed by atoms with Crippen molar-refractivity contribution < 1.29 is 25.9 Å². The van der Waals surface area contributed by atoms with Crippen molar-refractivity contribution in [2.75, 3.05) is 6.54 Å². The molecule has 2 unspecified atom stereocenters. The van der Waals surface area contributed by atoms with Crippen LogP contribution in [0.25, 0.3) is 11.5 Å². The van der Waals surface area contributed by atoms with E-state index < -0.39 is 5.54 Å². The molecule has 1 aliphatic rings. The SMILES string of the molecule is CC.CC(=N)N1C(C)CC1(C)C=O.CCC[NH-].CCc1ccc([NH-])cc1.[W+2]. The maximum absolute atomic E-state index is 10.6. The van der Waals surface area contributed by atoms with Gasteiger partial charge in [-0.25, -0.2) is 0 Å². The average Bonchev–Trinajstić information content (AvgIpc) is 2.63. The second kappa shape index (κ2) is 16.9. The molecule has 27 heavy (non-hydrogen) atoms. The standard InChI is InChI=1S/C8H14N2O.C8H10N.C3H8N.C2H6.W/c1-6-4-8(3,5-11)10(6)7(2)9;1-2-7-3-5-8(9)6-4-7;1-2-3-4;1-2;/h5-6,9H,4H2,1-3H3;3-6,9H,2H2,1H3;4H,2-3H2,1H3;1-2H3;/q;2*-1;;+2. The summed E-state index contributed by atoms with van der Waals surface area (Å²) in [4.78, 5) is 12.5. The van der Waals surface area contributed by atoms with Crippen molar-refractivity contribution >= 4 is 17.8 Å². The summed E-state index contributed by atoms with van der Waals surface area (Å²) in [6, 6.07) is 7.96. The minimum Gasteiger partial charge on any atom is -0.699 e. The van der Waals surface area contributed by atoms with Gasteiger partial charge in [0.2, 0.25) is 0 Å². The summed E-state index contributed by atoms with van der Waals surface area (Å²) >= 11 is 0. The molecule has 2 atom stereocenters. The van der Waals surface area contributed by atoms with Crippen LogP contribution in [0.5, 0.6) is 0 Å². The number of carbonyl (C=O) groups is 1. The number of aryl methyl sites for hydroxylation is 1. The Kier molecular flexibility index (Phi) is 19.2. The fourth-order valence-electron chi connectivity index (χ4n) is 2.74. The summed E-state index contributed by atoms with van der Waals surface area (Å²) < 4.78 is 0. The van der Waals surface area contributed by atoms with Crippen molar-refractivity contribution in [1.82, 2.24) is 4.90 Å². The van der Waals surface area contributed by atoms with Gasteiger partial charge < -0.3 is 21.2 Å². The molecule has 5 nitrogen and oxygen atoms in total. The number of nitrogens with one attached hydrogen (secondary N) is 3. The van der Waals surface area contributed by atoms with Crippen LogP contribution < -0.4 is 0 Å². The number of benzene rings is 1. The number of nitrogens with zero attached hydrogens (tertiary/aromatic N) is 1. The van der Waals surface area contributed by atoms with Crippen LogP contribution in [0.4, 0.5) is 5.69 Å². The van der Waals surface area contributed by atoms with Gasteiger partial charge in [0, 0.05) is 6.04 Å². The topological polar surface area (TPSA) is 91.8 Å². The minimum atomic E-state index is -0.398. The van der Waals surface area contributed by atoms with Gasteiger partial charge >= 0.3 is 21.1 Å². The van der Waals surface area contributed by atoms with Crippen molar-refractivity contribution in [3.63, 3.8) is 0 Å². The van der Waals surface area contributed by atoms with Gasteiger partial charge in [-0.3, -0.25) is 5.41 Å². The Balaban J connectivity index is -0.000000326. The van der Waals surface area contributed by atoms with Crippen molar-refractivity contribution in [3.8, 4) is 0 Å². The van der Waals surface area contributed by atoms with Crippen LogP contribution in [0.15, 0.2) is 24.3 Å². The van der Waals surface area contributed by atoms with E-state index in [0.717, 1.165) is 25.5 Å². The van der Waals surface area contributed by atoms with Crippen LogP contribution in [0, 0.1) is 5.41 Å². The van der Waals surface area contributed by atoms with Crippen molar-refractivity contribution in [3.05, 3.63) is 41.3 Å². The quantitative estimate of drug-likeness (QED) is 0.269.